The van der Waals surface area contributed by atoms with E-state index in [1.807, 2.05) is 30.3 Å². The molecule has 4 nitrogen and oxygen atoms in total. The first-order valence-electron chi connectivity index (χ1n) is 7.78. The zero-order chi connectivity index (χ0) is 20.7. The molecule has 0 spiro atoms. The third kappa shape index (κ3) is 7.41. The summed E-state index contributed by atoms with van der Waals surface area (Å²) in [6.07, 6.45) is 1.73. The fourth-order valence-corrected chi connectivity index (χ4v) is 2.81. The Morgan fingerprint density at radius 1 is 1.07 bits per heavy atom. The van der Waals surface area contributed by atoms with Crippen LogP contribution in [-0.4, -0.2) is 36.1 Å². The Morgan fingerprint density at radius 2 is 1.75 bits per heavy atom. The van der Waals surface area contributed by atoms with Gasteiger partial charge >= 0.3 is 184 Å². The molecule has 1 atom stereocenters. The molecule has 0 fully saturated rings. The maximum absolute atomic E-state index is 13.7. The molecular formula is C18H14Cl3F2N3OSe. The molecule has 0 aromatic heterocycles. The molecule has 0 saturated carbocycles. The predicted molar refractivity (Wildman–Crippen MR) is 112 cm³/mol. The fraction of sp³-hybridized carbons (Fsp3) is 0.111. The maximum atomic E-state index is 13.7. The fourth-order valence-electron chi connectivity index (χ4n) is 2.01. The van der Waals surface area contributed by atoms with Gasteiger partial charge in [0.05, 0.1) is 0 Å². The summed E-state index contributed by atoms with van der Waals surface area (Å²) in [5.74, 6) is -2.04. The normalized spacial score (nSPS) is 12.5. The van der Waals surface area contributed by atoms with E-state index in [2.05, 4.69) is 31.5 Å². The molecular weight excluding hydrogens is 498 g/mol. The summed E-state index contributed by atoms with van der Waals surface area (Å²) >= 11 is 20.3. The van der Waals surface area contributed by atoms with Crippen LogP contribution in [0.4, 0.5) is 14.5 Å². The van der Waals surface area contributed by atoms with E-state index < -0.39 is 27.5 Å². The van der Waals surface area contributed by atoms with Crippen molar-refractivity contribution in [2.24, 2.45) is 0 Å². The molecule has 3 N–H and O–H groups in total. The second-order valence-corrected chi connectivity index (χ2v) is 8.68. The Labute approximate surface area is 183 Å². The molecule has 0 bridgehead atoms. The minimum absolute atomic E-state index is 0.0129. The molecule has 2 aromatic carbocycles. The van der Waals surface area contributed by atoms with Crippen molar-refractivity contribution in [3.05, 3.63) is 71.8 Å². The van der Waals surface area contributed by atoms with Gasteiger partial charge in [-0.3, -0.25) is 0 Å². The molecule has 10 heteroatoms. The Kier molecular flexibility index (Phi) is 8.28. The van der Waals surface area contributed by atoms with Crippen LogP contribution in [-0.2, 0) is 4.79 Å². The topological polar surface area (TPSA) is 53.2 Å². The summed E-state index contributed by atoms with van der Waals surface area (Å²) < 4.78 is 25.0. The molecule has 0 heterocycles. The zero-order valence-electron chi connectivity index (χ0n) is 14.1. The third-order valence-electron chi connectivity index (χ3n) is 3.30. The van der Waals surface area contributed by atoms with E-state index in [1.54, 1.807) is 6.08 Å². The molecule has 0 aliphatic heterocycles. The van der Waals surface area contributed by atoms with Crippen molar-refractivity contribution in [1.82, 2.24) is 10.6 Å². The van der Waals surface area contributed by atoms with Crippen molar-refractivity contribution >= 4 is 72.7 Å². The van der Waals surface area contributed by atoms with Gasteiger partial charge in [0.2, 0.25) is 0 Å². The van der Waals surface area contributed by atoms with Gasteiger partial charge in [-0.2, -0.15) is 0 Å². The van der Waals surface area contributed by atoms with Crippen LogP contribution < -0.4 is 16.0 Å². The number of alkyl halides is 3. The minimum atomic E-state index is -1.92. The Balaban J connectivity index is 2.02. The quantitative estimate of drug-likeness (QED) is 0.230. The van der Waals surface area contributed by atoms with Crippen molar-refractivity contribution in [2.45, 2.75) is 9.96 Å². The van der Waals surface area contributed by atoms with Crippen molar-refractivity contribution < 1.29 is 13.6 Å². The molecule has 1 amide bonds. The van der Waals surface area contributed by atoms with Crippen molar-refractivity contribution in [3.63, 3.8) is 0 Å². The monoisotopic (exact) mass is 511 g/mol. The number of hydrogen-bond acceptors (Lipinski definition) is 3. The summed E-state index contributed by atoms with van der Waals surface area (Å²) in [5.41, 5.74) is 0.807. The van der Waals surface area contributed by atoms with E-state index in [-0.39, 0.29) is 10.4 Å². The van der Waals surface area contributed by atoms with Crippen LogP contribution in [0.1, 0.15) is 5.56 Å². The van der Waals surface area contributed by atoms with Gasteiger partial charge in [-0.25, -0.2) is 0 Å². The van der Waals surface area contributed by atoms with Crippen molar-refractivity contribution in [3.8, 4) is 0 Å². The van der Waals surface area contributed by atoms with E-state index >= 15 is 0 Å². The van der Waals surface area contributed by atoms with Crippen LogP contribution in [0, 0.1) is 11.6 Å². The first-order valence-corrected chi connectivity index (χ1v) is 9.77. The van der Waals surface area contributed by atoms with Crippen LogP contribution in [0.2, 0.25) is 0 Å². The van der Waals surface area contributed by atoms with E-state index in [1.165, 1.54) is 12.1 Å². The molecule has 28 heavy (non-hydrogen) atoms. The number of carbonyl (C=O) groups excluding carboxylic acids is 1. The number of halogens is 5. The first kappa shape index (κ1) is 22.7. The summed E-state index contributed by atoms with van der Waals surface area (Å²) in [5, 5.41) is 7.84. The van der Waals surface area contributed by atoms with Crippen LogP contribution in [0.5, 0.6) is 0 Å². The van der Waals surface area contributed by atoms with Crippen molar-refractivity contribution in [2.75, 3.05) is 5.32 Å². The average Bonchev–Trinajstić information content (AvgIpc) is 2.62. The Hall–Kier alpha value is -1.63. The number of benzene rings is 2. The summed E-state index contributed by atoms with van der Waals surface area (Å²) in [7, 11) is 0. The molecule has 1 unspecified atom stereocenters. The zero-order valence-corrected chi connectivity index (χ0v) is 18.0. The van der Waals surface area contributed by atoms with Gasteiger partial charge in [0.1, 0.15) is 0 Å². The summed E-state index contributed by atoms with van der Waals surface area (Å²) in [6, 6.07) is 12.2. The Morgan fingerprint density at radius 3 is 2.36 bits per heavy atom. The number of nitrogens with one attached hydrogen (secondary N) is 3. The molecule has 2 rings (SSSR count). The molecule has 0 saturated heterocycles. The summed E-state index contributed by atoms with van der Waals surface area (Å²) in [4.78, 5) is 12.1. The van der Waals surface area contributed by atoms with Gasteiger partial charge in [0, 0.05) is 0 Å². The van der Waals surface area contributed by atoms with Gasteiger partial charge in [0.25, 0.3) is 0 Å². The first-order chi connectivity index (χ1) is 13.1. The summed E-state index contributed by atoms with van der Waals surface area (Å²) in [6.45, 7) is 0. The SMILES string of the molecule is O=C(/C=C/c1ccccc1)NC(NC(=[Se])Nc1ccc(F)cc1F)C(Cl)(Cl)Cl. The number of anilines is 1. The van der Waals surface area contributed by atoms with E-state index in [0.29, 0.717) is 0 Å². The van der Waals surface area contributed by atoms with Crippen LogP contribution in [0.3, 0.4) is 0 Å². The van der Waals surface area contributed by atoms with E-state index in [4.69, 9.17) is 34.8 Å². The molecule has 2 aromatic rings. The third-order valence-corrected chi connectivity index (χ3v) is 4.41. The van der Waals surface area contributed by atoms with Gasteiger partial charge in [0.15, 0.2) is 0 Å². The number of amides is 1. The standard InChI is InChI=1S/C18H14Cl3F2N3OSe/c19-18(20,21)16(25-15(27)9-6-11-4-2-1-3-5-11)26-17(28)24-14-8-7-12(22)10-13(14)23/h1-10,16H,(H,25,27)(H2,24,26,28)/b9-6+. The molecule has 0 aliphatic carbocycles. The molecule has 0 radical (unpaired) electrons. The average molecular weight is 512 g/mol. The number of rotatable bonds is 7. The van der Waals surface area contributed by atoms with Gasteiger partial charge in [-0.15, -0.1) is 0 Å². The molecule has 0 aliphatic rings. The molecule has 148 valence electrons. The Bertz CT molecular complexity index is 876. The van der Waals surface area contributed by atoms with Crippen LogP contribution >= 0.6 is 34.8 Å². The van der Waals surface area contributed by atoms with Crippen LogP contribution in [0.15, 0.2) is 54.6 Å². The van der Waals surface area contributed by atoms with Gasteiger partial charge in [-0.05, 0) is 0 Å². The van der Waals surface area contributed by atoms with Gasteiger partial charge in [-0.1, -0.05) is 0 Å². The van der Waals surface area contributed by atoms with Crippen LogP contribution in [0.25, 0.3) is 6.08 Å². The number of carbonyl (C=O) groups is 1. The van der Waals surface area contributed by atoms with E-state index in [0.717, 1.165) is 17.7 Å². The second kappa shape index (κ2) is 10.2. The van der Waals surface area contributed by atoms with Gasteiger partial charge < -0.3 is 0 Å². The second-order valence-electron chi connectivity index (χ2n) is 5.45. The van der Waals surface area contributed by atoms with Crippen molar-refractivity contribution in [1.29, 1.82) is 0 Å². The van der Waals surface area contributed by atoms with E-state index in [9.17, 15) is 13.6 Å². The number of hydrogen-bond donors (Lipinski definition) is 3. The predicted octanol–water partition coefficient (Wildman–Crippen LogP) is 3.75.